The second kappa shape index (κ2) is 4.60. The monoisotopic (exact) mass is 200 g/mol. The van der Waals surface area contributed by atoms with E-state index in [9.17, 15) is 5.11 Å². The molecule has 0 saturated heterocycles. The zero-order valence-electron chi connectivity index (χ0n) is 9.66. The molecule has 2 atom stereocenters. The molecule has 0 aromatic heterocycles. The van der Waals surface area contributed by atoms with Gasteiger partial charge >= 0.3 is 0 Å². The third-order valence-electron chi connectivity index (χ3n) is 2.92. The van der Waals surface area contributed by atoms with Crippen molar-refractivity contribution in [2.24, 2.45) is 11.7 Å². The number of rotatable bonds is 4. The van der Waals surface area contributed by atoms with Crippen molar-refractivity contribution in [3.05, 3.63) is 0 Å². The first-order chi connectivity index (χ1) is 6.38. The van der Waals surface area contributed by atoms with Crippen LogP contribution in [0.4, 0.5) is 0 Å². The molecule has 0 heterocycles. The number of hydrogen-bond acceptors (Lipinski definition) is 3. The van der Waals surface area contributed by atoms with Gasteiger partial charge in [0.25, 0.3) is 0 Å². The minimum Gasteiger partial charge on any atom is -0.389 e. The molecule has 1 saturated carbocycles. The number of nitrogens with zero attached hydrogens (tertiary/aromatic N) is 1. The first-order valence-corrected chi connectivity index (χ1v) is 5.55. The molecule has 0 aromatic carbocycles. The highest BCUT2D eigenvalue weighted by Gasteiger charge is 2.26. The fraction of sp³-hybridized carbons (Fsp3) is 1.00. The van der Waals surface area contributed by atoms with Gasteiger partial charge in [0.1, 0.15) is 0 Å². The van der Waals surface area contributed by atoms with Gasteiger partial charge in [-0.2, -0.15) is 0 Å². The van der Waals surface area contributed by atoms with Crippen LogP contribution in [0.5, 0.6) is 0 Å². The lowest BCUT2D eigenvalue weighted by atomic mass is 10.0. The van der Waals surface area contributed by atoms with E-state index in [4.69, 9.17) is 5.73 Å². The maximum atomic E-state index is 9.65. The lowest BCUT2D eigenvalue weighted by Crippen LogP contribution is -2.41. The van der Waals surface area contributed by atoms with Gasteiger partial charge in [0.05, 0.1) is 5.60 Å². The van der Waals surface area contributed by atoms with Gasteiger partial charge in [0, 0.05) is 19.1 Å². The van der Waals surface area contributed by atoms with Gasteiger partial charge in [-0.3, -0.25) is 0 Å². The summed E-state index contributed by atoms with van der Waals surface area (Å²) in [5.74, 6) is 0.627. The molecule has 0 spiro atoms. The second-order valence-corrected chi connectivity index (χ2v) is 5.36. The molecule has 2 unspecified atom stereocenters. The van der Waals surface area contributed by atoms with E-state index in [1.807, 2.05) is 13.8 Å². The van der Waals surface area contributed by atoms with Crippen LogP contribution in [0.25, 0.3) is 0 Å². The van der Waals surface area contributed by atoms with Crippen LogP contribution in [0, 0.1) is 5.92 Å². The van der Waals surface area contributed by atoms with Crippen molar-refractivity contribution in [2.75, 3.05) is 20.1 Å². The van der Waals surface area contributed by atoms with Gasteiger partial charge in [-0.15, -0.1) is 0 Å². The van der Waals surface area contributed by atoms with Crippen LogP contribution in [0.1, 0.15) is 33.1 Å². The van der Waals surface area contributed by atoms with Crippen LogP contribution in [0.3, 0.4) is 0 Å². The van der Waals surface area contributed by atoms with E-state index in [0.717, 1.165) is 13.1 Å². The highest BCUT2D eigenvalue weighted by molar-refractivity contribution is 4.83. The summed E-state index contributed by atoms with van der Waals surface area (Å²) in [5.41, 5.74) is 5.40. The Morgan fingerprint density at radius 3 is 2.50 bits per heavy atom. The van der Waals surface area contributed by atoms with Crippen LogP contribution >= 0.6 is 0 Å². The van der Waals surface area contributed by atoms with Gasteiger partial charge in [0.15, 0.2) is 0 Å². The van der Waals surface area contributed by atoms with Gasteiger partial charge < -0.3 is 15.7 Å². The Morgan fingerprint density at radius 2 is 2.07 bits per heavy atom. The van der Waals surface area contributed by atoms with Crippen LogP contribution in [0.15, 0.2) is 0 Å². The minimum atomic E-state index is -0.600. The molecule has 0 radical (unpaired) electrons. The maximum Gasteiger partial charge on any atom is 0.0718 e. The lowest BCUT2D eigenvalue weighted by Gasteiger charge is -2.28. The van der Waals surface area contributed by atoms with Gasteiger partial charge in [-0.05, 0) is 39.7 Å². The standard InChI is InChI=1S/C11H24N2O/c1-11(2,14)8-13(3)7-9-5-4-6-10(9)12/h9-10,14H,4-8,12H2,1-3H3. The summed E-state index contributed by atoms with van der Waals surface area (Å²) in [6.07, 6.45) is 3.68. The Kier molecular flexibility index (Phi) is 3.93. The smallest absolute Gasteiger partial charge is 0.0718 e. The summed E-state index contributed by atoms with van der Waals surface area (Å²) in [6, 6.07) is 0.374. The molecule has 3 N–H and O–H groups in total. The van der Waals surface area contributed by atoms with Gasteiger partial charge in [0.2, 0.25) is 0 Å². The Labute approximate surface area is 87.3 Å². The molecule has 84 valence electrons. The summed E-state index contributed by atoms with van der Waals surface area (Å²) in [7, 11) is 2.06. The SMILES string of the molecule is CN(CC1CCCC1N)CC(C)(C)O. The molecule has 3 heteroatoms. The number of hydrogen-bond donors (Lipinski definition) is 2. The van der Waals surface area contributed by atoms with Crippen molar-refractivity contribution in [1.29, 1.82) is 0 Å². The normalized spacial score (nSPS) is 28.7. The van der Waals surface area contributed by atoms with Crippen molar-refractivity contribution in [3.63, 3.8) is 0 Å². The Morgan fingerprint density at radius 1 is 1.43 bits per heavy atom. The predicted octanol–water partition coefficient (Wildman–Crippen LogP) is 0.817. The summed E-state index contributed by atoms with van der Waals surface area (Å²) < 4.78 is 0. The van der Waals surface area contributed by atoms with E-state index < -0.39 is 5.60 Å². The average Bonchev–Trinajstić information content (AvgIpc) is 2.32. The van der Waals surface area contributed by atoms with Crippen LogP contribution in [-0.4, -0.2) is 41.8 Å². The van der Waals surface area contributed by atoms with E-state index in [1.165, 1.54) is 19.3 Å². The van der Waals surface area contributed by atoms with Gasteiger partial charge in [-0.25, -0.2) is 0 Å². The molecule has 14 heavy (non-hydrogen) atoms. The molecule has 0 aliphatic heterocycles. The predicted molar refractivity (Wildman–Crippen MR) is 59.1 cm³/mol. The van der Waals surface area contributed by atoms with E-state index in [0.29, 0.717) is 12.0 Å². The van der Waals surface area contributed by atoms with Crippen molar-refractivity contribution < 1.29 is 5.11 Å². The van der Waals surface area contributed by atoms with Crippen molar-refractivity contribution in [2.45, 2.75) is 44.8 Å². The summed E-state index contributed by atoms with van der Waals surface area (Å²) in [4.78, 5) is 2.19. The van der Waals surface area contributed by atoms with Crippen molar-refractivity contribution >= 4 is 0 Å². The fourth-order valence-corrected chi connectivity index (χ4v) is 2.42. The number of likely N-dealkylation sites (N-methyl/N-ethyl adjacent to an activating group) is 1. The molecular weight excluding hydrogens is 176 g/mol. The third-order valence-corrected chi connectivity index (χ3v) is 2.92. The largest absolute Gasteiger partial charge is 0.389 e. The van der Waals surface area contributed by atoms with Crippen LogP contribution < -0.4 is 5.73 Å². The third kappa shape index (κ3) is 3.95. The van der Waals surface area contributed by atoms with E-state index >= 15 is 0 Å². The average molecular weight is 200 g/mol. The molecule has 0 amide bonds. The number of nitrogens with two attached hydrogens (primary N) is 1. The fourth-order valence-electron chi connectivity index (χ4n) is 2.42. The molecule has 1 rings (SSSR count). The highest BCUT2D eigenvalue weighted by atomic mass is 16.3. The Hall–Kier alpha value is -0.120. The molecule has 1 aliphatic rings. The minimum absolute atomic E-state index is 0.374. The van der Waals surface area contributed by atoms with E-state index in [-0.39, 0.29) is 0 Å². The van der Waals surface area contributed by atoms with Crippen LogP contribution in [-0.2, 0) is 0 Å². The van der Waals surface area contributed by atoms with E-state index in [1.54, 1.807) is 0 Å². The Bertz CT molecular complexity index is 177. The molecule has 0 bridgehead atoms. The first kappa shape index (κ1) is 12.0. The zero-order valence-corrected chi connectivity index (χ0v) is 9.66. The molecule has 1 aliphatic carbocycles. The summed E-state index contributed by atoms with van der Waals surface area (Å²) in [6.45, 7) is 5.43. The first-order valence-electron chi connectivity index (χ1n) is 5.55. The molecule has 3 nitrogen and oxygen atoms in total. The van der Waals surface area contributed by atoms with Gasteiger partial charge in [-0.1, -0.05) is 6.42 Å². The van der Waals surface area contributed by atoms with E-state index in [2.05, 4.69) is 11.9 Å². The summed E-state index contributed by atoms with van der Waals surface area (Å²) in [5, 5.41) is 9.65. The maximum absolute atomic E-state index is 9.65. The van der Waals surface area contributed by atoms with Crippen LogP contribution in [0.2, 0.25) is 0 Å². The molecule has 1 fully saturated rings. The quantitative estimate of drug-likeness (QED) is 0.706. The molecular formula is C11H24N2O. The van der Waals surface area contributed by atoms with Crippen molar-refractivity contribution in [1.82, 2.24) is 4.90 Å². The lowest BCUT2D eigenvalue weighted by molar-refractivity contribution is 0.0398. The number of aliphatic hydroxyl groups is 1. The molecule has 0 aromatic rings. The zero-order chi connectivity index (χ0) is 10.8. The Balaban J connectivity index is 2.29. The topological polar surface area (TPSA) is 49.5 Å². The van der Waals surface area contributed by atoms with Crippen molar-refractivity contribution in [3.8, 4) is 0 Å². The second-order valence-electron chi connectivity index (χ2n) is 5.36. The highest BCUT2D eigenvalue weighted by Crippen LogP contribution is 2.24. The summed E-state index contributed by atoms with van der Waals surface area (Å²) >= 11 is 0.